The van der Waals surface area contributed by atoms with Gasteiger partial charge in [-0.2, -0.15) is 5.26 Å². The molecular weight excluding hydrogens is 322 g/mol. The first kappa shape index (κ1) is 18.4. The maximum Gasteiger partial charge on any atom is 0.271 e. The van der Waals surface area contributed by atoms with Gasteiger partial charge in [-0.25, -0.2) is 0 Å². The minimum atomic E-state index is -0.702. The number of nitrogens with zero attached hydrogens (tertiary/aromatic N) is 3. The molecule has 0 unspecified atom stereocenters. The largest absolute Gasteiger partial charge is 0.388 e. The lowest BCUT2D eigenvalue weighted by atomic mass is 10.2. The monoisotopic (exact) mass is 337 g/mol. The third-order valence-corrected chi connectivity index (χ3v) is 3.05. The predicted molar refractivity (Wildman–Crippen MR) is 87.0 cm³/mol. The van der Waals surface area contributed by atoms with Crippen molar-refractivity contribution in [3.8, 4) is 6.07 Å². The summed E-state index contributed by atoms with van der Waals surface area (Å²) in [5.41, 5.74) is -0.303. The van der Waals surface area contributed by atoms with E-state index >= 15 is 0 Å². The Morgan fingerprint density at radius 2 is 2.22 bits per heavy atom. The number of hydrogen-bond donors (Lipinski definition) is 2. The molecule has 1 aromatic carbocycles. The molecule has 0 saturated heterocycles. The van der Waals surface area contributed by atoms with E-state index in [0.717, 1.165) is 12.6 Å². The van der Waals surface area contributed by atoms with Crippen LogP contribution in [0.3, 0.4) is 0 Å². The highest BCUT2D eigenvalue weighted by Crippen LogP contribution is 2.26. The van der Waals surface area contributed by atoms with E-state index in [4.69, 9.17) is 16.9 Å². The Balaban J connectivity index is 2.80. The van der Waals surface area contributed by atoms with Crippen LogP contribution in [-0.2, 0) is 4.79 Å². The number of benzene rings is 1. The minimum absolute atomic E-state index is 0.0697. The molecule has 122 valence electrons. The molecule has 0 fully saturated rings. The van der Waals surface area contributed by atoms with Crippen LogP contribution in [0.1, 0.15) is 0 Å². The summed E-state index contributed by atoms with van der Waals surface area (Å²) < 4.78 is 0. The van der Waals surface area contributed by atoms with Crippen LogP contribution in [0.4, 0.5) is 11.4 Å². The number of nitro benzene ring substituents is 1. The molecule has 23 heavy (non-hydrogen) atoms. The average molecular weight is 338 g/mol. The van der Waals surface area contributed by atoms with E-state index in [1.807, 2.05) is 19.0 Å². The number of amides is 1. The Morgan fingerprint density at radius 3 is 2.78 bits per heavy atom. The van der Waals surface area contributed by atoms with Crippen LogP contribution in [0.15, 0.2) is 30.0 Å². The molecule has 1 rings (SSSR count). The van der Waals surface area contributed by atoms with E-state index in [1.165, 1.54) is 18.3 Å². The first-order chi connectivity index (χ1) is 10.8. The standard InChI is InChI=1S/C14H16ClN5O3/c1-19(2)6-5-17-9-10(8-16)14(21)18-13-7-11(20(22)23)3-4-12(13)15/h3-4,7,9,17H,5-6H2,1-2H3,(H,18,21)/b10-9-. The summed E-state index contributed by atoms with van der Waals surface area (Å²) in [6.07, 6.45) is 1.30. The first-order valence-electron chi connectivity index (χ1n) is 6.59. The maximum absolute atomic E-state index is 12.0. The average Bonchev–Trinajstić information content (AvgIpc) is 2.48. The number of carbonyl (C=O) groups is 1. The molecule has 0 heterocycles. The summed E-state index contributed by atoms with van der Waals surface area (Å²) in [4.78, 5) is 24.1. The number of nitrogens with one attached hydrogen (secondary N) is 2. The van der Waals surface area contributed by atoms with Crippen LogP contribution in [-0.4, -0.2) is 42.9 Å². The fourth-order valence-corrected chi connectivity index (χ4v) is 1.69. The van der Waals surface area contributed by atoms with Crippen molar-refractivity contribution in [2.45, 2.75) is 0 Å². The summed E-state index contributed by atoms with van der Waals surface area (Å²) in [6, 6.07) is 5.43. The molecular formula is C14H16ClN5O3. The van der Waals surface area contributed by atoms with Crippen LogP contribution >= 0.6 is 11.6 Å². The Bertz CT molecular complexity index is 667. The van der Waals surface area contributed by atoms with Crippen LogP contribution in [0.2, 0.25) is 5.02 Å². The van der Waals surface area contributed by atoms with Gasteiger partial charge < -0.3 is 15.5 Å². The number of anilines is 1. The second-order valence-electron chi connectivity index (χ2n) is 4.80. The molecule has 9 heteroatoms. The Morgan fingerprint density at radius 1 is 1.52 bits per heavy atom. The van der Waals surface area contributed by atoms with E-state index in [-0.39, 0.29) is 22.0 Å². The van der Waals surface area contributed by atoms with Crippen LogP contribution in [0, 0.1) is 21.4 Å². The second kappa shape index (κ2) is 8.73. The van der Waals surface area contributed by atoms with Crippen LogP contribution < -0.4 is 10.6 Å². The van der Waals surface area contributed by atoms with Gasteiger partial charge in [-0.1, -0.05) is 11.6 Å². The number of hydrogen-bond acceptors (Lipinski definition) is 6. The van der Waals surface area contributed by atoms with E-state index in [0.29, 0.717) is 6.54 Å². The highest BCUT2D eigenvalue weighted by molar-refractivity contribution is 6.34. The van der Waals surface area contributed by atoms with Crippen LogP contribution in [0.25, 0.3) is 0 Å². The smallest absolute Gasteiger partial charge is 0.271 e. The fraction of sp³-hybridized carbons (Fsp3) is 0.286. The van der Waals surface area contributed by atoms with Gasteiger partial charge in [-0.3, -0.25) is 14.9 Å². The molecule has 1 aromatic rings. The lowest BCUT2D eigenvalue weighted by Crippen LogP contribution is -2.24. The van der Waals surface area contributed by atoms with Crippen molar-refractivity contribution in [2.75, 3.05) is 32.5 Å². The van der Waals surface area contributed by atoms with Gasteiger partial charge in [-0.05, 0) is 20.2 Å². The zero-order valence-electron chi connectivity index (χ0n) is 12.7. The van der Waals surface area contributed by atoms with E-state index in [9.17, 15) is 14.9 Å². The van der Waals surface area contributed by atoms with Crippen molar-refractivity contribution in [3.63, 3.8) is 0 Å². The van der Waals surface area contributed by atoms with Gasteiger partial charge in [0, 0.05) is 31.4 Å². The molecule has 0 bridgehead atoms. The zero-order valence-corrected chi connectivity index (χ0v) is 13.4. The van der Waals surface area contributed by atoms with Crippen molar-refractivity contribution < 1.29 is 9.72 Å². The third-order valence-electron chi connectivity index (χ3n) is 2.72. The highest BCUT2D eigenvalue weighted by atomic mass is 35.5. The quantitative estimate of drug-likeness (QED) is 0.258. The Labute approximate surface area is 138 Å². The second-order valence-corrected chi connectivity index (χ2v) is 5.21. The van der Waals surface area contributed by atoms with Gasteiger partial charge >= 0.3 is 0 Å². The van der Waals surface area contributed by atoms with Gasteiger partial charge in [-0.15, -0.1) is 0 Å². The summed E-state index contributed by atoms with van der Waals surface area (Å²) in [7, 11) is 3.79. The van der Waals surface area contributed by atoms with Gasteiger partial charge in [0.15, 0.2) is 0 Å². The summed E-state index contributed by atoms with van der Waals surface area (Å²) in [5.74, 6) is -0.702. The van der Waals surface area contributed by atoms with Crippen molar-refractivity contribution in [1.29, 1.82) is 5.26 Å². The summed E-state index contributed by atoms with van der Waals surface area (Å²) >= 11 is 5.89. The van der Waals surface area contributed by atoms with Gasteiger partial charge in [0.25, 0.3) is 11.6 Å². The fourth-order valence-electron chi connectivity index (χ4n) is 1.52. The molecule has 0 radical (unpaired) electrons. The topological polar surface area (TPSA) is 111 Å². The molecule has 0 aliphatic carbocycles. The normalized spacial score (nSPS) is 11.0. The first-order valence-corrected chi connectivity index (χ1v) is 6.96. The molecule has 0 aliphatic rings. The number of nitriles is 1. The van der Waals surface area contributed by atoms with Crippen LogP contribution in [0.5, 0.6) is 0 Å². The van der Waals surface area contributed by atoms with Crippen molar-refractivity contribution in [3.05, 3.63) is 45.1 Å². The highest BCUT2D eigenvalue weighted by Gasteiger charge is 2.14. The molecule has 8 nitrogen and oxygen atoms in total. The Hall–Kier alpha value is -2.63. The summed E-state index contributed by atoms with van der Waals surface area (Å²) in [6.45, 7) is 1.29. The minimum Gasteiger partial charge on any atom is -0.388 e. The SMILES string of the molecule is CN(C)CCN/C=C(/C#N)C(=O)Nc1cc([N+](=O)[O-])ccc1Cl. The number of likely N-dealkylation sites (N-methyl/N-ethyl adjacent to an activating group) is 1. The molecule has 1 amide bonds. The zero-order chi connectivity index (χ0) is 17.4. The van der Waals surface area contributed by atoms with E-state index in [1.54, 1.807) is 6.07 Å². The number of carbonyl (C=O) groups excluding carboxylic acids is 1. The lowest BCUT2D eigenvalue weighted by Gasteiger charge is -2.09. The Kier molecular flexibility index (Phi) is 6.99. The summed E-state index contributed by atoms with van der Waals surface area (Å²) in [5, 5.41) is 25.1. The third kappa shape index (κ3) is 5.94. The molecule has 0 spiro atoms. The molecule has 0 aromatic heterocycles. The maximum atomic E-state index is 12.0. The van der Waals surface area contributed by atoms with Gasteiger partial charge in [0.05, 0.1) is 15.6 Å². The van der Waals surface area contributed by atoms with Gasteiger partial charge in [0.1, 0.15) is 11.6 Å². The van der Waals surface area contributed by atoms with Crippen molar-refractivity contribution >= 4 is 28.9 Å². The molecule has 0 atom stereocenters. The van der Waals surface area contributed by atoms with E-state index < -0.39 is 10.8 Å². The molecule has 0 aliphatic heterocycles. The number of rotatable bonds is 7. The molecule has 0 saturated carbocycles. The molecule has 2 N–H and O–H groups in total. The lowest BCUT2D eigenvalue weighted by molar-refractivity contribution is -0.384. The van der Waals surface area contributed by atoms with Crippen molar-refractivity contribution in [2.24, 2.45) is 0 Å². The number of nitro groups is 1. The number of halogens is 1. The predicted octanol–water partition coefficient (Wildman–Crippen LogP) is 1.75. The number of non-ortho nitro benzene ring substituents is 1. The van der Waals surface area contributed by atoms with Gasteiger partial charge in [0.2, 0.25) is 0 Å². The van der Waals surface area contributed by atoms with E-state index in [2.05, 4.69) is 10.6 Å². The van der Waals surface area contributed by atoms with Crippen molar-refractivity contribution in [1.82, 2.24) is 10.2 Å².